The van der Waals surface area contributed by atoms with Gasteiger partial charge in [-0.25, -0.2) is 0 Å². The van der Waals surface area contributed by atoms with Gasteiger partial charge in [0.1, 0.15) is 0 Å². The standard InChI is InChI=1S/C26H33F3N4O/c27-26(28,29)24-13-21(8-5-18(24)14-30)33-15-22(23(16-33)25(34)31-19-6-7-19)17-9-11-32(12-10-17)20-3-1-2-4-20/h5,8,13,17,19-20,22-23H,1-4,6-7,9-12,15-16H2,(H,31,34)/t22-,23+/m0/s1. The van der Waals surface area contributed by atoms with Gasteiger partial charge in [-0.3, -0.25) is 4.79 Å². The largest absolute Gasteiger partial charge is 0.417 e. The third-order valence-corrected chi connectivity index (χ3v) is 8.44. The topological polar surface area (TPSA) is 59.4 Å². The van der Waals surface area contributed by atoms with Gasteiger partial charge in [0.15, 0.2) is 0 Å². The van der Waals surface area contributed by atoms with Crippen molar-refractivity contribution in [2.75, 3.05) is 31.1 Å². The van der Waals surface area contributed by atoms with Crippen molar-refractivity contribution >= 4 is 11.6 Å². The van der Waals surface area contributed by atoms with E-state index in [1.807, 2.05) is 4.90 Å². The number of anilines is 1. The van der Waals surface area contributed by atoms with E-state index in [2.05, 4.69) is 10.2 Å². The first kappa shape index (κ1) is 23.5. The second kappa shape index (κ2) is 9.41. The minimum absolute atomic E-state index is 0.0536. The molecule has 5 nitrogen and oxygen atoms in total. The maximum Gasteiger partial charge on any atom is 0.417 e. The molecular weight excluding hydrogens is 441 g/mol. The summed E-state index contributed by atoms with van der Waals surface area (Å²) in [7, 11) is 0. The fraction of sp³-hybridized carbons (Fsp3) is 0.692. The molecule has 5 rings (SSSR count). The quantitative estimate of drug-likeness (QED) is 0.680. The van der Waals surface area contributed by atoms with Crippen molar-refractivity contribution in [3.8, 4) is 6.07 Å². The molecule has 1 N–H and O–H groups in total. The van der Waals surface area contributed by atoms with Crippen LogP contribution in [-0.2, 0) is 11.0 Å². The zero-order chi connectivity index (χ0) is 23.9. The number of alkyl halides is 3. The molecule has 4 fully saturated rings. The molecule has 2 heterocycles. The Hall–Kier alpha value is -2.27. The Morgan fingerprint density at radius 1 is 1.03 bits per heavy atom. The second-order valence-electron chi connectivity index (χ2n) is 10.6. The van der Waals surface area contributed by atoms with E-state index in [1.165, 1.54) is 31.7 Å². The van der Waals surface area contributed by atoms with E-state index < -0.39 is 11.7 Å². The third kappa shape index (κ3) is 4.91. The molecule has 2 atom stereocenters. The van der Waals surface area contributed by atoms with Crippen LogP contribution in [-0.4, -0.2) is 49.1 Å². The van der Waals surface area contributed by atoms with Crippen molar-refractivity contribution in [2.45, 2.75) is 69.6 Å². The molecule has 0 radical (unpaired) electrons. The summed E-state index contributed by atoms with van der Waals surface area (Å²) in [6.45, 7) is 3.12. The van der Waals surface area contributed by atoms with Gasteiger partial charge in [0.25, 0.3) is 0 Å². The van der Waals surface area contributed by atoms with Gasteiger partial charge in [-0.05, 0) is 81.6 Å². The summed E-state index contributed by atoms with van der Waals surface area (Å²) in [6, 6.07) is 6.55. The Morgan fingerprint density at radius 3 is 2.35 bits per heavy atom. The van der Waals surface area contributed by atoms with Crippen molar-refractivity contribution in [2.24, 2.45) is 17.8 Å². The van der Waals surface area contributed by atoms with Crippen LogP contribution >= 0.6 is 0 Å². The van der Waals surface area contributed by atoms with E-state index in [1.54, 1.807) is 12.1 Å². The summed E-state index contributed by atoms with van der Waals surface area (Å²) in [6.07, 6.45) is 4.73. The SMILES string of the molecule is N#Cc1ccc(N2C[C@@H](C(=O)NC3CC3)[C@H](C3CCN(C4CCCC4)CC3)C2)cc1C(F)(F)F. The average molecular weight is 475 g/mol. The van der Waals surface area contributed by atoms with Crippen molar-refractivity contribution in [3.05, 3.63) is 29.3 Å². The molecular formula is C26H33F3N4O. The Kier molecular flexibility index (Phi) is 6.49. The number of nitrogens with zero attached hydrogens (tertiary/aromatic N) is 3. The monoisotopic (exact) mass is 474 g/mol. The number of piperidine rings is 1. The first-order valence-corrected chi connectivity index (χ1v) is 12.7. The number of amides is 1. The summed E-state index contributed by atoms with van der Waals surface area (Å²) in [5, 5.41) is 12.3. The Bertz CT molecular complexity index is 940. The lowest BCUT2D eigenvalue weighted by molar-refractivity contribution is -0.137. The van der Waals surface area contributed by atoms with Gasteiger partial charge in [0.2, 0.25) is 5.91 Å². The Labute approximate surface area is 199 Å². The van der Waals surface area contributed by atoms with Crippen LogP contribution in [0.2, 0.25) is 0 Å². The summed E-state index contributed by atoms with van der Waals surface area (Å²) >= 11 is 0. The van der Waals surface area contributed by atoms with E-state index in [9.17, 15) is 18.0 Å². The number of likely N-dealkylation sites (tertiary alicyclic amines) is 1. The molecule has 0 aromatic heterocycles. The molecule has 34 heavy (non-hydrogen) atoms. The average Bonchev–Trinajstić information content (AvgIpc) is 3.29. The second-order valence-corrected chi connectivity index (χ2v) is 10.6. The van der Waals surface area contributed by atoms with E-state index in [-0.39, 0.29) is 29.3 Å². The molecule has 2 aliphatic heterocycles. The van der Waals surface area contributed by atoms with E-state index >= 15 is 0 Å². The Balaban J connectivity index is 1.33. The van der Waals surface area contributed by atoms with Gasteiger partial charge in [-0.1, -0.05) is 12.8 Å². The van der Waals surface area contributed by atoms with Crippen LogP contribution in [0.15, 0.2) is 18.2 Å². The number of hydrogen-bond donors (Lipinski definition) is 1. The van der Waals surface area contributed by atoms with Crippen LogP contribution in [0.3, 0.4) is 0 Å². The number of hydrogen-bond acceptors (Lipinski definition) is 4. The Morgan fingerprint density at radius 2 is 1.74 bits per heavy atom. The first-order valence-electron chi connectivity index (χ1n) is 12.7. The molecule has 2 aliphatic carbocycles. The van der Waals surface area contributed by atoms with Crippen LogP contribution in [0.4, 0.5) is 18.9 Å². The zero-order valence-electron chi connectivity index (χ0n) is 19.5. The van der Waals surface area contributed by atoms with Crippen LogP contribution in [0, 0.1) is 29.1 Å². The number of rotatable bonds is 5. The molecule has 1 aromatic rings. The van der Waals surface area contributed by atoms with Crippen LogP contribution in [0.1, 0.15) is 62.5 Å². The van der Waals surface area contributed by atoms with Crippen LogP contribution in [0.5, 0.6) is 0 Å². The lowest BCUT2D eigenvalue weighted by Crippen LogP contribution is -2.44. The minimum Gasteiger partial charge on any atom is -0.370 e. The van der Waals surface area contributed by atoms with Crippen LogP contribution < -0.4 is 10.2 Å². The normalized spacial score (nSPS) is 27.2. The molecule has 0 bridgehead atoms. The van der Waals surface area contributed by atoms with Gasteiger partial charge in [-0.15, -0.1) is 0 Å². The number of benzene rings is 1. The number of carbonyl (C=O) groups excluding carboxylic acids is 1. The maximum absolute atomic E-state index is 13.6. The van der Waals surface area contributed by atoms with E-state index in [0.29, 0.717) is 30.7 Å². The zero-order valence-corrected chi connectivity index (χ0v) is 19.5. The van der Waals surface area contributed by atoms with E-state index in [4.69, 9.17) is 5.26 Å². The number of nitrogens with one attached hydrogen (secondary N) is 1. The molecule has 2 saturated heterocycles. The lowest BCUT2D eigenvalue weighted by atomic mass is 9.78. The van der Waals surface area contributed by atoms with Crippen molar-refractivity contribution in [3.63, 3.8) is 0 Å². The van der Waals surface area contributed by atoms with Gasteiger partial charge >= 0.3 is 6.18 Å². The summed E-state index contributed by atoms with van der Waals surface area (Å²) < 4.78 is 40.7. The van der Waals surface area contributed by atoms with E-state index in [0.717, 1.165) is 44.8 Å². The van der Waals surface area contributed by atoms with Crippen molar-refractivity contribution in [1.82, 2.24) is 10.2 Å². The van der Waals surface area contributed by atoms with Crippen LogP contribution in [0.25, 0.3) is 0 Å². The first-order chi connectivity index (χ1) is 16.3. The lowest BCUT2D eigenvalue weighted by Gasteiger charge is -2.39. The molecule has 1 amide bonds. The van der Waals surface area contributed by atoms with Gasteiger partial charge in [0.05, 0.1) is 23.1 Å². The molecule has 1 aromatic carbocycles. The van der Waals surface area contributed by atoms with Crippen molar-refractivity contribution < 1.29 is 18.0 Å². The van der Waals surface area contributed by atoms with Gasteiger partial charge in [-0.2, -0.15) is 18.4 Å². The fourth-order valence-electron chi connectivity index (χ4n) is 6.37. The number of nitriles is 1. The fourth-order valence-corrected chi connectivity index (χ4v) is 6.37. The number of halogens is 3. The van der Waals surface area contributed by atoms with Crippen molar-refractivity contribution in [1.29, 1.82) is 5.26 Å². The molecule has 4 aliphatic rings. The molecule has 184 valence electrons. The molecule has 8 heteroatoms. The van der Waals surface area contributed by atoms with Gasteiger partial charge in [0, 0.05) is 30.9 Å². The summed E-state index contributed by atoms with van der Waals surface area (Å²) in [5.74, 6) is 0.374. The minimum atomic E-state index is -4.59. The maximum atomic E-state index is 13.6. The summed E-state index contributed by atoms with van der Waals surface area (Å²) in [5.41, 5.74) is -0.824. The summed E-state index contributed by atoms with van der Waals surface area (Å²) in [4.78, 5) is 17.7. The number of carbonyl (C=O) groups is 1. The highest BCUT2D eigenvalue weighted by molar-refractivity contribution is 5.81. The predicted molar refractivity (Wildman–Crippen MR) is 123 cm³/mol. The molecule has 0 spiro atoms. The third-order valence-electron chi connectivity index (χ3n) is 8.44. The molecule has 2 saturated carbocycles. The smallest absolute Gasteiger partial charge is 0.370 e. The highest BCUT2D eigenvalue weighted by atomic mass is 19.4. The van der Waals surface area contributed by atoms with Gasteiger partial charge < -0.3 is 15.1 Å². The highest BCUT2D eigenvalue weighted by Gasteiger charge is 2.44. The predicted octanol–water partition coefficient (Wildman–Crippen LogP) is 4.56. The highest BCUT2D eigenvalue weighted by Crippen LogP contribution is 2.41. The molecule has 0 unspecified atom stereocenters.